The number of likely N-dealkylation sites (N-methyl/N-ethyl adjacent to an activating group) is 1. The molecule has 0 radical (unpaired) electrons. The topological polar surface area (TPSA) is 73.7 Å². The molecule has 0 unspecified atom stereocenters. The SMILES string of the molecule is CCN(C[C@H]1COc2ccccc2O1)C(=O)Cn1cnc2sc(C)c(C)c2c1=O. The number of aryl methyl sites for hydroxylation is 2. The first-order valence-electron chi connectivity index (χ1n) is 9.59. The van der Waals surface area contributed by atoms with Crippen LogP contribution in [0.4, 0.5) is 0 Å². The third-order valence-corrected chi connectivity index (χ3v) is 6.30. The predicted molar refractivity (Wildman–Crippen MR) is 112 cm³/mol. The molecule has 29 heavy (non-hydrogen) atoms. The van der Waals surface area contributed by atoms with Crippen LogP contribution >= 0.6 is 11.3 Å². The number of hydrogen-bond donors (Lipinski definition) is 0. The zero-order chi connectivity index (χ0) is 20.5. The molecule has 1 aromatic carbocycles. The van der Waals surface area contributed by atoms with Crippen LogP contribution in [0.3, 0.4) is 0 Å². The van der Waals surface area contributed by atoms with Gasteiger partial charge in [0, 0.05) is 11.4 Å². The minimum absolute atomic E-state index is 0.0475. The van der Waals surface area contributed by atoms with Crippen LogP contribution in [0.15, 0.2) is 35.4 Å². The van der Waals surface area contributed by atoms with Crippen molar-refractivity contribution >= 4 is 27.5 Å². The highest BCUT2D eigenvalue weighted by molar-refractivity contribution is 7.18. The van der Waals surface area contributed by atoms with E-state index in [9.17, 15) is 9.59 Å². The van der Waals surface area contributed by atoms with Crippen LogP contribution in [-0.2, 0) is 11.3 Å². The van der Waals surface area contributed by atoms with E-state index in [0.717, 1.165) is 10.4 Å². The van der Waals surface area contributed by atoms with Crippen LogP contribution in [0.1, 0.15) is 17.4 Å². The highest BCUT2D eigenvalue weighted by Crippen LogP contribution is 2.31. The minimum atomic E-state index is -0.257. The molecule has 0 fully saturated rings. The zero-order valence-electron chi connectivity index (χ0n) is 16.7. The normalized spacial score (nSPS) is 15.5. The molecule has 1 atom stereocenters. The minimum Gasteiger partial charge on any atom is -0.486 e. The number of carbonyl (C=O) groups is 1. The Labute approximate surface area is 172 Å². The summed E-state index contributed by atoms with van der Waals surface area (Å²) in [6.45, 7) is 7.04. The van der Waals surface area contributed by atoms with E-state index in [-0.39, 0.29) is 24.1 Å². The number of nitrogens with zero attached hydrogens (tertiary/aromatic N) is 3. The second-order valence-corrected chi connectivity index (χ2v) is 8.27. The van der Waals surface area contributed by atoms with E-state index in [0.29, 0.717) is 41.4 Å². The summed E-state index contributed by atoms with van der Waals surface area (Å²) in [7, 11) is 0. The second-order valence-electron chi connectivity index (χ2n) is 7.07. The standard InChI is InChI=1S/C21H23N3O4S/c1-4-23(9-15-11-27-16-7-5-6-8-17(16)28-15)18(25)10-24-12-22-20-19(21(24)26)13(2)14(3)29-20/h5-8,12,15H,4,9-11H2,1-3H3/t15-/m0/s1. The second kappa shape index (κ2) is 7.87. The Morgan fingerprint density at radius 2 is 2.07 bits per heavy atom. The highest BCUT2D eigenvalue weighted by atomic mass is 32.1. The van der Waals surface area contributed by atoms with Crippen molar-refractivity contribution in [1.82, 2.24) is 14.5 Å². The maximum absolute atomic E-state index is 12.9. The number of hydrogen-bond acceptors (Lipinski definition) is 6. The van der Waals surface area contributed by atoms with Crippen molar-refractivity contribution in [2.75, 3.05) is 19.7 Å². The molecule has 152 valence electrons. The molecule has 0 saturated heterocycles. The molecule has 8 heteroatoms. The lowest BCUT2D eigenvalue weighted by atomic mass is 10.2. The average Bonchev–Trinajstić information content (AvgIpc) is 3.02. The number of rotatable bonds is 5. The molecule has 3 heterocycles. The number of aromatic nitrogens is 2. The summed E-state index contributed by atoms with van der Waals surface area (Å²) < 4.78 is 13.1. The number of fused-ring (bicyclic) bond motifs is 2. The van der Waals surface area contributed by atoms with Gasteiger partial charge in [-0.15, -0.1) is 11.3 Å². The van der Waals surface area contributed by atoms with E-state index < -0.39 is 0 Å². The van der Waals surface area contributed by atoms with Crippen LogP contribution in [0, 0.1) is 13.8 Å². The van der Waals surface area contributed by atoms with Crippen molar-refractivity contribution in [3.63, 3.8) is 0 Å². The molecule has 0 bridgehead atoms. The number of ether oxygens (including phenoxy) is 2. The Bertz CT molecular complexity index is 1120. The van der Waals surface area contributed by atoms with Gasteiger partial charge in [0.1, 0.15) is 18.0 Å². The van der Waals surface area contributed by atoms with Gasteiger partial charge in [-0.2, -0.15) is 0 Å². The smallest absolute Gasteiger partial charge is 0.262 e. The number of benzene rings is 1. The van der Waals surface area contributed by atoms with Crippen LogP contribution in [0.5, 0.6) is 11.5 Å². The van der Waals surface area contributed by atoms with Crippen molar-refractivity contribution in [2.24, 2.45) is 0 Å². The average molecular weight is 413 g/mol. The maximum Gasteiger partial charge on any atom is 0.262 e. The Morgan fingerprint density at radius 1 is 1.31 bits per heavy atom. The summed E-state index contributed by atoms with van der Waals surface area (Å²) in [5.74, 6) is 1.25. The molecular formula is C21H23N3O4S. The highest BCUT2D eigenvalue weighted by Gasteiger charge is 2.25. The molecule has 1 aliphatic heterocycles. The molecule has 3 aromatic rings. The van der Waals surface area contributed by atoms with Gasteiger partial charge in [-0.1, -0.05) is 12.1 Å². The summed E-state index contributed by atoms with van der Waals surface area (Å²) in [5, 5.41) is 0.603. The van der Waals surface area contributed by atoms with Crippen molar-refractivity contribution in [3.05, 3.63) is 51.4 Å². The number of para-hydroxylation sites is 2. The fourth-order valence-corrected chi connectivity index (χ4v) is 4.42. The van der Waals surface area contributed by atoms with Gasteiger partial charge in [0.2, 0.25) is 5.91 Å². The first kappa shape index (κ1) is 19.4. The summed E-state index contributed by atoms with van der Waals surface area (Å²) >= 11 is 1.50. The van der Waals surface area contributed by atoms with Crippen LogP contribution in [0.25, 0.3) is 10.2 Å². The van der Waals surface area contributed by atoms with E-state index in [1.165, 1.54) is 22.2 Å². The first-order valence-corrected chi connectivity index (χ1v) is 10.4. The van der Waals surface area contributed by atoms with Crippen molar-refractivity contribution in [3.8, 4) is 11.5 Å². The van der Waals surface area contributed by atoms with Gasteiger partial charge in [-0.05, 0) is 38.5 Å². The van der Waals surface area contributed by atoms with Gasteiger partial charge < -0.3 is 14.4 Å². The summed E-state index contributed by atoms with van der Waals surface area (Å²) in [4.78, 5) is 33.6. The lowest BCUT2D eigenvalue weighted by Crippen LogP contribution is -2.45. The van der Waals surface area contributed by atoms with Gasteiger partial charge in [0.25, 0.3) is 5.56 Å². The third kappa shape index (κ3) is 3.72. The van der Waals surface area contributed by atoms with Gasteiger partial charge in [-0.25, -0.2) is 4.98 Å². The largest absolute Gasteiger partial charge is 0.486 e. The van der Waals surface area contributed by atoms with Crippen LogP contribution < -0.4 is 15.0 Å². The number of amides is 1. The van der Waals surface area contributed by atoms with Crippen LogP contribution in [0.2, 0.25) is 0 Å². The fraction of sp³-hybridized carbons (Fsp3) is 0.381. The van der Waals surface area contributed by atoms with E-state index >= 15 is 0 Å². The predicted octanol–water partition coefficient (Wildman–Crippen LogP) is 2.76. The van der Waals surface area contributed by atoms with Crippen molar-refractivity contribution in [1.29, 1.82) is 0 Å². The van der Waals surface area contributed by atoms with Gasteiger partial charge >= 0.3 is 0 Å². The molecule has 0 spiro atoms. The molecule has 0 aliphatic carbocycles. The maximum atomic E-state index is 12.9. The Hall–Kier alpha value is -2.87. The van der Waals surface area contributed by atoms with E-state index in [2.05, 4.69) is 4.98 Å². The molecule has 1 aliphatic rings. The lowest BCUT2D eigenvalue weighted by Gasteiger charge is -2.31. The van der Waals surface area contributed by atoms with Crippen LogP contribution in [-0.4, -0.2) is 46.2 Å². The van der Waals surface area contributed by atoms with E-state index in [4.69, 9.17) is 9.47 Å². The Morgan fingerprint density at radius 3 is 2.83 bits per heavy atom. The quantitative estimate of drug-likeness (QED) is 0.643. The van der Waals surface area contributed by atoms with Crippen molar-refractivity contribution in [2.45, 2.75) is 33.4 Å². The monoisotopic (exact) mass is 413 g/mol. The summed E-state index contributed by atoms with van der Waals surface area (Å²) in [6, 6.07) is 7.49. The molecule has 2 aromatic heterocycles. The molecule has 7 nitrogen and oxygen atoms in total. The van der Waals surface area contributed by atoms with Gasteiger partial charge in [0.05, 0.1) is 18.3 Å². The number of carbonyl (C=O) groups excluding carboxylic acids is 1. The van der Waals surface area contributed by atoms with E-state index in [1.54, 1.807) is 4.90 Å². The molecule has 0 N–H and O–H groups in total. The first-order chi connectivity index (χ1) is 14.0. The van der Waals surface area contributed by atoms with E-state index in [1.807, 2.05) is 45.0 Å². The van der Waals surface area contributed by atoms with Crippen molar-refractivity contribution < 1.29 is 14.3 Å². The third-order valence-electron chi connectivity index (χ3n) is 5.19. The number of thiophene rings is 1. The molecule has 0 saturated carbocycles. The van der Waals surface area contributed by atoms with Gasteiger partial charge in [-0.3, -0.25) is 14.2 Å². The molecule has 1 amide bonds. The summed E-state index contributed by atoms with van der Waals surface area (Å²) in [5.41, 5.74) is 0.760. The molecular weight excluding hydrogens is 390 g/mol. The lowest BCUT2D eigenvalue weighted by molar-refractivity contribution is -0.133. The summed E-state index contributed by atoms with van der Waals surface area (Å²) in [6.07, 6.45) is 1.20. The Balaban J connectivity index is 1.49. The molecule has 4 rings (SSSR count). The van der Waals surface area contributed by atoms with Gasteiger partial charge in [0.15, 0.2) is 17.6 Å². The Kier molecular flexibility index (Phi) is 5.27. The zero-order valence-corrected chi connectivity index (χ0v) is 17.5. The fourth-order valence-electron chi connectivity index (χ4n) is 3.43.